The van der Waals surface area contributed by atoms with Crippen LogP contribution in [0.2, 0.25) is 0 Å². The van der Waals surface area contributed by atoms with Crippen LogP contribution in [0, 0.1) is 13.8 Å². The van der Waals surface area contributed by atoms with E-state index in [2.05, 4.69) is 20.4 Å². The third kappa shape index (κ3) is 2.71. The fraction of sp³-hybridized carbons (Fsp3) is 0.176. The van der Waals surface area contributed by atoms with E-state index in [1.54, 1.807) is 30.9 Å². The molecule has 3 rings (SSSR count). The van der Waals surface area contributed by atoms with E-state index in [0.29, 0.717) is 33.9 Å². The Bertz CT molecular complexity index is 909. The number of amides is 1. The zero-order valence-corrected chi connectivity index (χ0v) is 13.6. The van der Waals surface area contributed by atoms with Gasteiger partial charge in [0.25, 0.3) is 5.91 Å². The van der Waals surface area contributed by atoms with Gasteiger partial charge in [0, 0.05) is 11.3 Å². The molecule has 1 aromatic carbocycles. The molecule has 2 heterocycles. The molecule has 2 aromatic heterocycles. The summed E-state index contributed by atoms with van der Waals surface area (Å²) in [4.78, 5) is 31.3. The number of aromatic nitrogens is 4. The highest BCUT2D eigenvalue weighted by Gasteiger charge is 2.20. The predicted octanol–water partition coefficient (Wildman–Crippen LogP) is 2.67. The van der Waals surface area contributed by atoms with Crippen molar-refractivity contribution in [3.63, 3.8) is 0 Å². The third-order valence-electron chi connectivity index (χ3n) is 3.83. The SMILES string of the molecule is CC(=O)c1c(C)[nH]c(C(=O)Nc2ccccc2-n2cncn2)c1C. The van der Waals surface area contributed by atoms with Crippen LogP contribution < -0.4 is 5.32 Å². The molecule has 2 N–H and O–H groups in total. The van der Waals surface area contributed by atoms with Crippen molar-refractivity contribution in [2.24, 2.45) is 0 Å². The van der Waals surface area contributed by atoms with Crippen LogP contribution in [0.15, 0.2) is 36.9 Å². The Morgan fingerprint density at radius 2 is 1.96 bits per heavy atom. The van der Waals surface area contributed by atoms with E-state index in [-0.39, 0.29) is 11.7 Å². The van der Waals surface area contributed by atoms with Gasteiger partial charge in [0.15, 0.2) is 5.78 Å². The summed E-state index contributed by atoms with van der Waals surface area (Å²) in [6.45, 7) is 5.03. The average molecular weight is 323 g/mol. The van der Waals surface area contributed by atoms with Crippen molar-refractivity contribution >= 4 is 17.4 Å². The minimum absolute atomic E-state index is 0.0664. The van der Waals surface area contributed by atoms with Gasteiger partial charge in [0.05, 0.1) is 11.4 Å². The zero-order valence-electron chi connectivity index (χ0n) is 13.6. The second-order valence-corrected chi connectivity index (χ2v) is 5.49. The van der Waals surface area contributed by atoms with E-state index in [1.165, 1.54) is 13.3 Å². The van der Waals surface area contributed by atoms with Gasteiger partial charge in [-0.15, -0.1) is 0 Å². The quantitative estimate of drug-likeness (QED) is 0.722. The number of ketones is 1. The maximum atomic E-state index is 12.6. The largest absolute Gasteiger partial charge is 0.354 e. The first-order valence-corrected chi connectivity index (χ1v) is 7.44. The number of anilines is 1. The Morgan fingerprint density at radius 1 is 1.21 bits per heavy atom. The number of Topliss-reactive ketones (excluding diaryl/α,β-unsaturated/α-hetero) is 1. The average Bonchev–Trinajstić information content (AvgIpc) is 3.16. The van der Waals surface area contributed by atoms with E-state index in [4.69, 9.17) is 0 Å². The summed E-state index contributed by atoms with van der Waals surface area (Å²) in [6, 6.07) is 7.29. The lowest BCUT2D eigenvalue weighted by Gasteiger charge is -2.10. The first kappa shape index (κ1) is 15.7. The lowest BCUT2D eigenvalue weighted by atomic mass is 10.1. The van der Waals surface area contributed by atoms with Crippen molar-refractivity contribution in [1.82, 2.24) is 19.7 Å². The van der Waals surface area contributed by atoms with Gasteiger partial charge in [-0.25, -0.2) is 9.67 Å². The van der Waals surface area contributed by atoms with Crippen LogP contribution in [0.25, 0.3) is 5.69 Å². The number of para-hydroxylation sites is 2. The number of H-pyrrole nitrogens is 1. The van der Waals surface area contributed by atoms with Crippen molar-refractivity contribution in [2.75, 3.05) is 5.32 Å². The van der Waals surface area contributed by atoms with Crippen LogP contribution >= 0.6 is 0 Å². The highest BCUT2D eigenvalue weighted by molar-refractivity contribution is 6.08. The summed E-state index contributed by atoms with van der Waals surface area (Å²) in [5.41, 5.74) is 3.58. The second kappa shape index (κ2) is 6.11. The number of benzene rings is 1. The number of aryl methyl sites for hydroxylation is 1. The summed E-state index contributed by atoms with van der Waals surface area (Å²) in [7, 11) is 0. The molecule has 7 heteroatoms. The van der Waals surface area contributed by atoms with Crippen molar-refractivity contribution < 1.29 is 9.59 Å². The van der Waals surface area contributed by atoms with E-state index in [1.807, 2.05) is 18.2 Å². The van der Waals surface area contributed by atoms with Crippen molar-refractivity contribution in [2.45, 2.75) is 20.8 Å². The number of carbonyl (C=O) groups is 2. The summed E-state index contributed by atoms with van der Waals surface area (Å²) < 4.78 is 1.57. The number of nitrogens with one attached hydrogen (secondary N) is 2. The third-order valence-corrected chi connectivity index (χ3v) is 3.83. The molecule has 0 fully saturated rings. The van der Waals surface area contributed by atoms with Gasteiger partial charge in [0.2, 0.25) is 0 Å². The monoisotopic (exact) mass is 323 g/mol. The number of hydrogen-bond donors (Lipinski definition) is 2. The van der Waals surface area contributed by atoms with Crippen LogP contribution in [-0.2, 0) is 0 Å². The maximum absolute atomic E-state index is 12.6. The standard InChI is InChI=1S/C17H17N5O2/c1-10-15(12(3)23)11(2)20-16(10)17(24)21-13-6-4-5-7-14(13)22-9-18-8-19-22/h4-9,20H,1-3H3,(H,21,24). The fourth-order valence-corrected chi connectivity index (χ4v) is 2.80. The number of aromatic amines is 1. The predicted molar refractivity (Wildman–Crippen MR) is 89.6 cm³/mol. The summed E-state index contributed by atoms with van der Waals surface area (Å²) in [5.74, 6) is -0.376. The van der Waals surface area contributed by atoms with Crippen LogP contribution in [0.4, 0.5) is 5.69 Å². The summed E-state index contributed by atoms with van der Waals surface area (Å²) in [5, 5.41) is 6.95. The Balaban J connectivity index is 1.95. The normalized spacial score (nSPS) is 10.6. The van der Waals surface area contributed by atoms with E-state index < -0.39 is 0 Å². The first-order chi connectivity index (χ1) is 11.5. The van der Waals surface area contributed by atoms with Crippen molar-refractivity contribution in [1.29, 1.82) is 0 Å². The summed E-state index contributed by atoms with van der Waals surface area (Å²) in [6.07, 6.45) is 2.99. The molecular formula is C17H17N5O2. The van der Waals surface area contributed by atoms with E-state index in [9.17, 15) is 9.59 Å². The lowest BCUT2D eigenvalue weighted by Crippen LogP contribution is -2.15. The lowest BCUT2D eigenvalue weighted by molar-refractivity contribution is 0.101. The van der Waals surface area contributed by atoms with Crippen LogP contribution in [0.3, 0.4) is 0 Å². The minimum atomic E-state index is -0.310. The fourth-order valence-electron chi connectivity index (χ4n) is 2.80. The van der Waals surface area contributed by atoms with Gasteiger partial charge in [-0.3, -0.25) is 9.59 Å². The molecule has 0 unspecified atom stereocenters. The summed E-state index contributed by atoms with van der Waals surface area (Å²) >= 11 is 0. The molecule has 0 aliphatic heterocycles. The van der Waals surface area contributed by atoms with Gasteiger partial charge in [-0.05, 0) is 38.5 Å². The zero-order chi connectivity index (χ0) is 17.3. The molecule has 0 atom stereocenters. The maximum Gasteiger partial charge on any atom is 0.272 e. The number of carbonyl (C=O) groups excluding carboxylic acids is 2. The number of nitrogens with zero attached hydrogens (tertiary/aromatic N) is 3. The molecule has 0 saturated carbocycles. The van der Waals surface area contributed by atoms with Crippen LogP contribution in [0.5, 0.6) is 0 Å². The molecule has 24 heavy (non-hydrogen) atoms. The Morgan fingerprint density at radius 3 is 2.58 bits per heavy atom. The van der Waals surface area contributed by atoms with E-state index >= 15 is 0 Å². The topological polar surface area (TPSA) is 92.7 Å². The second-order valence-electron chi connectivity index (χ2n) is 5.49. The number of rotatable bonds is 4. The molecule has 0 aliphatic rings. The van der Waals surface area contributed by atoms with Crippen molar-refractivity contribution in [3.8, 4) is 5.69 Å². The van der Waals surface area contributed by atoms with E-state index in [0.717, 1.165) is 0 Å². The molecule has 122 valence electrons. The highest BCUT2D eigenvalue weighted by Crippen LogP contribution is 2.22. The Hall–Kier alpha value is -3.22. The molecule has 0 radical (unpaired) electrons. The Kier molecular flexibility index (Phi) is 3.99. The molecule has 0 spiro atoms. The Labute approximate surface area is 138 Å². The smallest absolute Gasteiger partial charge is 0.272 e. The van der Waals surface area contributed by atoms with Gasteiger partial charge in [-0.1, -0.05) is 12.1 Å². The molecule has 3 aromatic rings. The molecule has 1 amide bonds. The minimum Gasteiger partial charge on any atom is -0.354 e. The molecule has 7 nitrogen and oxygen atoms in total. The first-order valence-electron chi connectivity index (χ1n) is 7.44. The molecule has 0 aliphatic carbocycles. The van der Waals surface area contributed by atoms with Gasteiger partial charge < -0.3 is 10.3 Å². The molecule has 0 bridgehead atoms. The van der Waals surface area contributed by atoms with Gasteiger partial charge >= 0.3 is 0 Å². The van der Waals surface area contributed by atoms with Gasteiger partial charge in [-0.2, -0.15) is 5.10 Å². The molecular weight excluding hydrogens is 306 g/mol. The van der Waals surface area contributed by atoms with Crippen LogP contribution in [0.1, 0.15) is 39.0 Å². The van der Waals surface area contributed by atoms with Crippen LogP contribution in [-0.4, -0.2) is 31.4 Å². The molecule has 0 saturated heterocycles. The van der Waals surface area contributed by atoms with Gasteiger partial charge in [0.1, 0.15) is 18.3 Å². The highest BCUT2D eigenvalue weighted by atomic mass is 16.2. The number of hydrogen-bond acceptors (Lipinski definition) is 4. The van der Waals surface area contributed by atoms with Crippen molar-refractivity contribution in [3.05, 3.63) is 59.4 Å².